The maximum atomic E-state index is 12.6. The van der Waals surface area contributed by atoms with Crippen molar-refractivity contribution in [2.24, 2.45) is 5.92 Å². The molecule has 1 unspecified atom stereocenters. The molecule has 1 atom stereocenters. The predicted molar refractivity (Wildman–Crippen MR) is 111 cm³/mol. The van der Waals surface area contributed by atoms with Gasteiger partial charge in [0.1, 0.15) is 17.4 Å². The van der Waals surface area contributed by atoms with Gasteiger partial charge in [-0.15, -0.1) is 11.3 Å². The second-order valence-electron chi connectivity index (χ2n) is 7.30. The third-order valence-electron chi connectivity index (χ3n) is 4.89. The lowest BCUT2D eigenvalue weighted by atomic mass is 10.0. The Morgan fingerprint density at radius 1 is 1.18 bits per heavy atom. The fourth-order valence-corrected chi connectivity index (χ4v) is 3.93. The van der Waals surface area contributed by atoms with E-state index >= 15 is 0 Å². The largest absolute Gasteiger partial charge is 0.486 e. The molecule has 0 bridgehead atoms. The number of thiazole rings is 1. The van der Waals surface area contributed by atoms with Gasteiger partial charge in [0, 0.05) is 5.38 Å². The smallest absolute Gasteiger partial charge is 0.226 e. The summed E-state index contributed by atoms with van der Waals surface area (Å²) in [6.45, 7) is 2.47. The Morgan fingerprint density at radius 3 is 2.64 bits per heavy atom. The zero-order chi connectivity index (χ0) is 19.3. The van der Waals surface area contributed by atoms with Crippen molar-refractivity contribution in [1.82, 2.24) is 10.3 Å². The molecule has 0 aliphatic heterocycles. The van der Waals surface area contributed by atoms with E-state index in [1.807, 2.05) is 54.8 Å². The third kappa shape index (κ3) is 4.98. The molecule has 1 aliphatic rings. The molecule has 1 aromatic heterocycles. The third-order valence-corrected chi connectivity index (χ3v) is 5.76. The highest BCUT2D eigenvalue weighted by atomic mass is 32.1. The van der Waals surface area contributed by atoms with Gasteiger partial charge in [-0.25, -0.2) is 4.98 Å². The van der Waals surface area contributed by atoms with Crippen molar-refractivity contribution in [3.05, 3.63) is 81.8 Å². The number of hydrogen-bond donors (Lipinski definition) is 1. The summed E-state index contributed by atoms with van der Waals surface area (Å²) in [6.07, 6.45) is 2.66. The number of benzene rings is 2. The van der Waals surface area contributed by atoms with Gasteiger partial charge in [0.05, 0.1) is 18.2 Å². The molecular formula is C23H24N2O2S. The van der Waals surface area contributed by atoms with Crippen LogP contribution in [0.5, 0.6) is 5.75 Å². The van der Waals surface area contributed by atoms with Crippen LogP contribution in [-0.2, 0) is 17.8 Å². The van der Waals surface area contributed by atoms with Crippen LogP contribution in [0.3, 0.4) is 0 Å². The fourth-order valence-electron chi connectivity index (χ4n) is 3.23. The lowest BCUT2D eigenvalue weighted by Crippen LogP contribution is -2.31. The number of amides is 1. The van der Waals surface area contributed by atoms with E-state index in [0.717, 1.165) is 16.5 Å². The normalized spacial score (nSPS) is 14.5. The van der Waals surface area contributed by atoms with E-state index in [-0.39, 0.29) is 11.9 Å². The summed E-state index contributed by atoms with van der Waals surface area (Å²) in [4.78, 5) is 17.1. The summed E-state index contributed by atoms with van der Waals surface area (Å²) in [5.41, 5.74) is 3.19. The minimum atomic E-state index is 0.0251. The van der Waals surface area contributed by atoms with Gasteiger partial charge in [0.25, 0.3) is 0 Å². The van der Waals surface area contributed by atoms with E-state index in [9.17, 15) is 4.79 Å². The van der Waals surface area contributed by atoms with Crippen LogP contribution in [0.4, 0.5) is 0 Å². The molecule has 1 N–H and O–H groups in total. The van der Waals surface area contributed by atoms with Crippen molar-refractivity contribution in [3.63, 3.8) is 0 Å². The summed E-state index contributed by atoms with van der Waals surface area (Å²) in [5.74, 6) is 1.41. The van der Waals surface area contributed by atoms with Gasteiger partial charge >= 0.3 is 0 Å². The van der Waals surface area contributed by atoms with Crippen LogP contribution in [-0.4, -0.2) is 10.9 Å². The first-order valence-electron chi connectivity index (χ1n) is 9.64. The van der Waals surface area contributed by atoms with E-state index in [1.165, 1.54) is 35.3 Å². The first kappa shape index (κ1) is 18.7. The molecular weight excluding hydrogens is 368 g/mol. The zero-order valence-corrected chi connectivity index (χ0v) is 16.7. The van der Waals surface area contributed by atoms with Gasteiger partial charge in [-0.1, -0.05) is 48.0 Å². The van der Waals surface area contributed by atoms with E-state index in [0.29, 0.717) is 18.9 Å². The molecule has 4 nitrogen and oxygen atoms in total. The van der Waals surface area contributed by atoms with Crippen molar-refractivity contribution in [2.45, 2.75) is 38.8 Å². The number of aromatic nitrogens is 1. The second-order valence-corrected chi connectivity index (χ2v) is 8.25. The number of carbonyl (C=O) groups excluding carboxylic acids is 1. The molecule has 0 saturated heterocycles. The van der Waals surface area contributed by atoms with E-state index < -0.39 is 0 Å². The topological polar surface area (TPSA) is 51.2 Å². The van der Waals surface area contributed by atoms with Crippen LogP contribution in [0.2, 0.25) is 0 Å². The molecule has 1 fully saturated rings. The maximum absolute atomic E-state index is 12.6. The Morgan fingerprint density at radius 2 is 1.93 bits per heavy atom. The number of carbonyl (C=O) groups is 1. The van der Waals surface area contributed by atoms with Crippen LogP contribution in [0.1, 0.15) is 40.7 Å². The molecule has 144 valence electrons. The minimum Gasteiger partial charge on any atom is -0.486 e. The van der Waals surface area contributed by atoms with E-state index in [2.05, 4.69) is 22.4 Å². The highest BCUT2D eigenvalue weighted by Crippen LogP contribution is 2.40. The van der Waals surface area contributed by atoms with Crippen LogP contribution < -0.4 is 10.1 Å². The highest BCUT2D eigenvalue weighted by Gasteiger charge is 2.33. The van der Waals surface area contributed by atoms with Gasteiger partial charge in [-0.05, 0) is 43.4 Å². The summed E-state index contributed by atoms with van der Waals surface area (Å²) in [6, 6.07) is 18.3. The summed E-state index contributed by atoms with van der Waals surface area (Å²) >= 11 is 1.53. The maximum Gasteiger partial charge on any atom is 0.226 e. The number of ether oxygens (including phenoxy) is 1. The van der Waals surface area contributed by atoms with Crippen molar-refractivity contribution in [2.75, 3.05) is 0 Å². The lowest BCUT2D eigenvalue weighted by molar-refractivity contribution is -0.121. The van der Waals surface area contributed by atoms with Crippen molar-refractivity contribution < 1.29 is 9.53 Å². The standard InChI is InChI=1S/C23H24N2O2S/c1-16-7-11-20(12-8-16)27-14-22-24-19(15-28-22)13-21(26)25-23(18-9-10-18)17-5-3-2-4-6-17/h2-8,11-12,15,18,23H,9-10,13-14H2,1H3,(H,25,26). The van der Waals surface area contributed by atoms with Gasteiger partial charge < -0.3 is 10.1 Å². The van der Waals surface area contributed by atoms with Gasteiger partial charge in [-0.3, -0.25) is 4.79 Å². The van der Waals surface area contributed by atoms with Crippen LogP contribution in [0.15, 0.2) is 60.0 Å². The zero-order valence-electron chi connectivity index (χ0n) is 15.9. The Balaban J connectivity index is 1.31. The Hall–Kier alpha value is -2.66. The molecule has 1 saturated carbocycles. The molecule has 0 radical (unpaired) electrons. The molecule has 28 heavy (non-hydrogen) atoms. The molecule has 3 aromatic rings. The molecule has 5 heteroatoms. The number of hydrogen-bond acceptors (Lipinski definition) is 4. The van der Waals surface area contributed by atoms with E-state index in [4.69, 9.17) is 4.74 Å². The highest BCUT2D eigenvalue weighted by molar-refractivity contribution is 7.09. The average Bonchev–Trinajstić information content (AvgIpc) is 3.46. The first-order chi connectivity index (χ1) is 13.7. The fraction of sp³-hybridized carbons (Fsp3) is 0.304. The lowest BCUT2D eigenvalue weighted by Gasteiger charge is -2.18. The number of rotatable bonds is 8. The van der Waals surface area contributed by atoms with E-state index in [1.54, 1.807) is 0 Å². The molecule has 1 amide bonds. The molecule has 1 heterocycles. The predicted octanol–water partition coefficient (Wildman–Crippen LogP) is 4.84. The van der Waals surface area contributed by atoms with Crippen molar-refractivity contribution >= 4 is 17.2 Å². The number of nitrogens with zero attached hydrogens (tertiary/aromatic N) is 1. The van der Waals surface area contributed by atoms with Crippen LogP contribution >= 0.6 is 11.3 Å². The van der Waals surface area contributed by atoms with Crippen LogP contribution in [0, 0.1) is 12.8 Å². The van der Waals surface area contributed by atoms with Crippen molar-refractivity contribution in [1.29, 1.82) is 0 Å². The molecule has 1 aliphatic carbocycles. The molecule has 0 spiro atoms. The summed E-state index contributed by atoms with van der Waals surface area (Å²) in [5, 5.41) is 6.04. The number of nitrogens with one attached hydrogen (secondary N) is 1. The number of aryl methyl sites for hydroxylation is 1. The van der Waals surface area contributed by atoms with Crippen molar-refractivity contribution in [3.8, 4) is 5.75 Å². The molecule has 4 rings (SSSR count). The second kappa shape index (κ2) is 8.57. The van der Waals surface area contributed by atoms with Gasteiger partial charge in [-0.2, -0.15) is 0 Å². The Bertz CT molecular complexity index is 917. The monoisotopic (exact) mass is 392 g/mol. The summed E-state index contributed by atoms with van der Waals surface area (Å²) < 4.78 is 5.77. The first-order valence-corrected chi connectivity index (χ1v) is 10.5. The molecule has 2 aromatic carbocycles. The average molecular weight is 393 g/mol. The van der Waals surface area contributed by atoms with Crippen LogP contribution in [0.25, 0.3) is 0 Å². The van der Waals surface area contributed by atoms with Gasteiger partial charge in [0.2, 0.25) is 5.91 Å². The summed E-state index contributed by atoms with van der Waals surface area (Å²) in [7, 11) is 0. The Kier molecular flexibility index (Phi) is 5.72. The minimum absolute atomic E-state index is 0.0251. The Labute approximate surface area is 169 Å². The van der Waals surface area contributed by atoms with Gasteiger partial charge in [0.15, 0.2) is 0 Å². The quantitative estimate of drug-likeness (QED) is 0.597. The SMILES string of the molecule is Cc1ccc(OCc2nc(CC(=O)NC(c3ccccc3)C3CC3)cs2)cc1.